The van der Waals surface area contributed by atoms with Crippen LogP contribution < -0.4 is 18.9 Å². The Kier molecular flexibility index (Phi) is 7.76. The van der Waals surface area contributed by atoms with Gasteiger partial charge in [-0.3, -0.25) is 4.79 Å². The van der Waals surface area contributed by atoms with Gasteiger partial charge in [-0.05, 0) is 53.6 Å². The van der Waals surface area contributed by atoms with Crippen LogP contribution >= 0.6 is 0 Å². The van der Waals surface area contributed by atoms with E-state index in [1.54, 1.807) is 39.5 Å². The van der Waals surface area contributed by atoms with Crippen LogP contribution in [0.1, 0.15) is 27.0 Å². The zero-order chi connectivity index (χ0) is 23.8. The highest BCUT2D eigenvalue weighted by molar-refractivity contribution is 6.09. The second-order valence-electron chi connectivity index (χ2n) is 7.02. The van der Waals surface area contributed by atoms with Gasteiger partial charge in [0, 0.05) is 17.7 Å². The highest BCUT2D eigenvalue weighted by Gasteiger charge is 2.12. The number of rotatable bonds is 9. The van der Waals surface area contributed by atoms with Crippen LogP contribution in [0.15, 0.2) is 60.7 Å². The Balaban J connectivity index is 1.97. The molecule has 6 heteroatoms. The maximum atomic E-state index is 12.7. The number of phenols is 1. The molecule has 0 aliphatic rings. The molecule has 1 N–H and O–H groups in total. The molecule has 0 aromatic heterocycles. The van der Waals surface area contributed by atoms with Crippen molar-refractivity contribution in [2.45, 2.75) is 0 Å². The van der Waals surface area contributed by atoms with E-state index in [4.69, 9.17) is 18.9 Å². The van der Waals surface area contributed by atoms with Gasteiger partial charge in [0.15, 0.2) is 5.78 Å². The van der Waals surface area contributed by atoms with Gasteiger partial charge in [0.1, 0.15) is 28.7 Å². The van der Waals surface area contributed by atoms with E-state index in [-0.39, 0.29) is 17.1 Å². The number of aromatic hydroxyl groups is 1. The Morgan fingerprint density at radius 3 is 2.00 bits per heavy atom. The van der Waals surface area contributed by atoms with Crippen molar-refractivity contribution in [2.24, 2.45) is 0 Å². The Morgan fingerprint density at radius 2 is 1.39 bits per heavy atom. The molecule has 0 saturated carbocycles. The van der Waals surface area contributed by atoms with Crippen LogP contribution in [-0.2, 0) is 0 Å². The standard InChI is InChI=1S/C27H26O6/c1-30-20-9-6-18(7-10-20)5-8-19-15-22(32-3)17-27(33-4)23(19)13-14-25(28)24-12-11-21(31-2)16-26(24)29/h5-17,29H,1-4H3/b8-5+,14-13+. The van der Waals surface area contributed by atoms with Gasteiger partial charge in [0.25, 0.3) is 0 Å². The van der Waals surface area contributed by atoms with Crippen molar-refractivity contribution >= 4 is 24.0 Å². The van der Waals surface area contributed by atoms with E-state index < -0.39 is 0 Å². The molecule has 0 radical (unpaired) electrons. The van der Waals surface area contributed by atoms with Crippen LogP contribution in [0.25, 0.3) is 18.2 Å². The average molecular weight is 446 g/mol. The van der Waals surface area contributed by atoms with E-state index in [0.29, 0.717) is 22.8 Å². The molecule has 0 bridgehead atoms. The molecule has 33 heavy (non-hydrogen) atoms. The van der Waals surface area contributed by atoms with Crippen LogP contribution in [-0.4, -0.2) is 39.3 Å². The third-order valence-electron chi connectivity index (χ3n) is 5.05. The highest BCUT2D eigenvalue weighted by Crippen LogP contribution is 2.32. The van der Waals surface area contributed by atoms with Crippen molar-refractivity contribution in [3.8, 4) is 28.7 Å². The zero-order valence-corrected chi connectivity index (χ0v) is 19.0. The zero-order valence-electron chi connectivity index (χ0n) is 19.0. The number of carbonyl (C=O) groups excluding carboxylic acids is 1. The first-order valence-electron chi connectivity index (χ1n) is 10.2. The fraction of sp³-hybridized carbons (Fsp3) is 0.148. The van der Waals surface area contributed by atoms with E-state index in [0.717, 1.165) is 16.9 Å². The Labute approximate surface area is 193 Å². The smallest absolute Gasteiger partial charge is 0.189 e. The highest BCUT2D eigenvalue weighted by atomic mass is 16.5. The Bertz CT molecular complexity index is 1180. The van der Waals surface area contributed by atoms with Gasteiger partial charge in [0.05, 0.1) is 34.0 Å². The van der Waals surface area contributed by atoms with E-state index in [1.807, 2.05) is 42.5 Å². The third-order valence-corrected chi connectivity index (χ3v) is 5.05. The minimum atomic E-state index is -0.349. The quantitative estimate of drug-likeness (QED) is 0.266. The van der Waals surface area contributed by atoms with E-state index in [2.05, 4.69) is 0 Å². The molecule has 0 fully saturated rings. The minimum absolute atomic E-state index is 0.148. The molecular weight excluding hydrogens is 420 g/mol. The molecule has 0 unspecified atom stereocenters. The summed E-state index contributed by atoms with van der Waals surface area (Å²) in [5.41, 5.74) is 2.65. The largest absolute Gasteiger partial charge is 0.507 e. The summed E-state index contributed by atoms with van der Waals surface area (Å²) in [6, 6.07) is 15.8. The summed E-state index contributed by atoms with van der Waals surface area (Å²) in [4.78, 5) is 12.7. The lowest BCUT2D eigenvalue weighted by Gasteiger charge is -2.12. The molecule has 3 aromatic rings. The fourth-order valence-corrected chi connectivity index (χ4v) is 3.22. The summed E-state index contributed by atoms with van der Waals surface area (Å²) in [5, 5.41) is 10.2. The Morgan fingerprint density at radius 1 is 0.727 bits per heavy atom. The van der Waals surface area contributed by atoms with Crippen molar-refractivity contribution in [3.63, 3.8) is 0 Å². The molecule has 0 aliphatic carbocycles. The van der Waals surface area contributed by atoms with Crippen molar-refractivity contribution in [1.29, 1.82) is 0 Å². The van der Waals surface area contributed by atoms with E-state index in [1.165, 1.54) is 25.3 Å². The number of ketones is 1. The average Bonchev–Trinajstić information content (AvgIpc) is 2.85. The maximum Gasteiger partial charge on any atom is 0.189 e. The molecule has 6 nitrogen and oxygen atoms in total. The van der Waals surface area contributed by atoms with Gasteiger partial charge in [-0.15, -0.1) is 0 Å². The molecule has 0 atom stereocenters. The van der Waals surface area contributed by atoms with Crippen molar-refractivity contribution in [1.82, 2.24) is 0 Å². The second-order valence-corrected chi connectivity index (χ2v) is 7.02. The van der Waals surface area contributed by atoms with Gasteiger partial charge in [-0.2, -0.15) is 0 Å². The van der Waals surface area contributed by atoms with Gasteiger partial charge in [0.2, 0.25) is 0 Å². The number of allylic oxidation sites excluding steroid dienone is 1. The molecule has 0 heterocycles. The topological polar surface area (TPSA) is 74.2 Å². The normalized spacial score (nSPS) is 11.0. The predicted molar refractivity (Wildman–Crippen MR) is 129 cm³/mol. The Hall–Kier alpha value is -4.19. The van der Waals surface area contributed by atoms with Crippen molar-refractivity contribution in [3.05, 3.63) is 82.9 Å². The maximum absolute atomic E-state index is 12.7. The molecular formula is C27H26O6. The van der Waals surface area contributed by atoms with E-state index in [9.17, 15) is 9.90 Å². The van der Waals surface area contributed by atoms with Crippen LogP contribution in [0, 0.1) is 0 Å². The summed E-state index contributed by atoms with van der Waals surface area (Å²) in [6.45, 7) is 0. The first kappa shape index (κ1) is 23.5. The molecule has 0 spiro atoms. The molecule has 0 saturated heterocycles. The van der Waals surface area contributed by atoms with Gasteiger partial charge in [-0.25, -0.2) is 0 Å². The number of benzene rings is 3. The van der Waals surface area contributed by atoms with Crippen molar-refractivity contribution in [2.75, 3.05) is 28.4 Å². The second kappa shape index (κ2) is 10.9. The fourth-order valence-electron chi connectivity index (χ4n) is 3.22. The van der Waals surface area contributed by atoms with Crippen LogP contribution in [0.5, 0.6) is 28.7 Å². The van der Waals surface area contributed by atoms with Crippen LogP contribution in [0.2, 0.25) is 0 Å². The predicted octanol–water partition coefficient (Wildman–Crippen LogP) is 5.49. The lowest BCUT2D eigenvalue weighted by molar-refractivity contribution is 0.104. The van der Waals surface area contributed by atoms with Crippen LogP contribution in [0.3, 0.4) is 0 Å². The third kappa shape index (κ3) is 5.74. The van der Waals surface area contributed by atoms with Gasteiger partial charge < -0.3 is 24.1 Å². The summed E-state index contributed by atoms with van der Waals surface area (Å²) in [5.74, 6) is 1.92. The molecule has 0 amide bonds. The SMILES string of the molecule is COc1ccc(/C=C/c2cc(OC)cc(OC)c2/C=C/C(=O)c2ccc(OC)cc2O)cc1. The van der Waals surface area contributed by atoms with E-state index >= 15 is 0 Å². The van der Waals surface area contributed by atoms with Crippen molar-refractivity contribution < 1.29 is 28.8 Å². The van der Waals surface area contributed by atoms with Crippen LogP contribution in [0.4, 0.5) is 0 Å². The first-order chi connectivity index (χ1) is 16.0. The molecule has 3 rings (SSSR count). The number of carbonyl (C=O) groups is 1. The monoisotopic (exact) mass is 446 g/mol. The molecule has 0 aliphatic heterocycles. The first-order valence-corrected chi connectivity index (χ1v) is 10.2. The summed E-state index contributed by atoms with van der Waals surface area (Å²) in [6.07, 6.45) is 6.93. The molecule has 170 valence electrons. The lowest BCUT2D eigenvalue weighted by Crippen LogP contribution is -1.97. The number of methoxy groups -OCH3 is 4. The minimum Gasteiger partial charge on any atom is -0.507 e. The summed E-state index contributed by atoms with van der Waals surface area (Å²) in [7, 11) is 6.25. The number of hydrogen-bond acceptors (Lipinski definition) is 6. The molecule has 3 aromatic carbocycles. The number of hydrogen-bond donors (Lipinski definition) is 1. The summed E-state index contributed by atoms with van der Waals surface area (Å²) >= 11 is 0. The number of ether oxygens (including phenoxy) is 4. The van der Waals surface area contributed by atoms with Gasteiger partial charge in [-0.1, -0.05) is 24.3 Å². The summed E-state index contributed by atoms with van der Waals surface area (Å²) < 4.78 is 21.2. The van der Waals surface area contributed by atoms with Gasteiger partial charge >= 0.3 is 0 Å². The lowest BCUT2D eigenvalue weighted by atomic mass is 10.0. The number of phenolic OH excluding ortho intramolecular Hbond substituents is 1.